The van der Waals surface area contributed by atoms with Gasteiger partial charge >= 0.3 is 17.9 Å². The minimum absolute atomic E-state index is 0.118. The second-order valence-electron chi connectivity index (χ2n) is 19.5. The van der Waals surface area contributed by atoms with Gasteiger partial charge in [-0.3, -0.25) is 14.4 Å². The van der Waals surface area contributed by atoms with Crippen LogP contribution in [0.2, 0.25) is 0 Å². The maximum Gasteiger partial charge on any atom is 0.306 e. The lowest BCUT2D eigenvalue weighted by Crippen LogP contribution is -2.30. The first-order valence-corrected chi connectivity index (χ1v) is 30.3. The Kier molecular flexibility index (Phi) is 58.0. The van der Waals surface area contributed by atoms with Crippen LogP contribution >= 0.6 is 0 Å². The lowest BCUT2D eigenvalue weighted by Gasteiger charge is -2.18. The van der Waals surface area contributed by atoms with E-state index in [2.05, 4.69) is 167 Å². The monoisotopic (exact) mass is 1030 g/mol. The standard InChI is InChI=1S/C69H110O6/c1-4-7-10-13-16-19-22-25-27-29-31-33-34-36-37-39-41-44-47-50-53-56-59-62-68(71)74-65-66(64-73-67(70)61-58-55-52-49-46-43-24-21-18-15-12-9-6-3)75-69(72)63-60-57-54-51-48-45-42-40-38-35-32-30-28-26-23-20-17-14-11-8-5-2/h7,9-10,12,16,18-19,21,23,25-27,30-33,36-37,41,43-44,46,50,53,66H,4-6,8,11,13-15,17,20,22,24,28-29,34-35,38-40,42,45,47-49,51-52,54-65H2,1-3H3/b10-7-,12-9-,19-16-,21-18-,26-23-,27-25-,32-30-,33-31-,37-36-,44-41-,46-43-,53-50-. The van der Waals surface area contributed by atoms with Crippen molar-refractivity contribution < 1.29 is 28.6 Å². The fourth-order valence-corrected chi connectivity index (χ4v) is 7.83. The van der Waals surface area contributed by atoms with Crippen LogP contribution < -0.4 is 0 Å². The van der Waals surface area contributed by atoms with Gasteiger partial charge in [0, 0.05) is 19.3 Å². The Bertz CT molecular complexity index is 1660. The van der Waals surface area contributed by atoms with Crippen LogP contribution in [0.3, 0.4) is 0 Å². The first-order valence-electron chi connectivity index (χ1n) is 30.3. The van der Waals surface area contributed by atoms with Crippen LogP contribution in [0.15, 0.2) is 146 Å². The Morgan fingerprint density at radius 3 is 0.880 bits per heavy atom. The molecule has 1 atom stereocenters. The smallest absolute Gasteiger partial charge is 0.306 e. The quantitative estimate of drug-likeness (QED) is 0.0261. The van der Waals surface area contributed by atoms with Crippen LogP contribution in [0, 0.1) is 0 Å². The number of hydrogen-bond donors (Lipinski definition) is 0. The molecule has 0 aliphatic rings. The molecule has 0 saturated carbocycles. The number of allylic oxidation sites excluding steroid dienone is 24. The Morgan fingerprint density at radius 1 is 0.280 bits per heavy atom. The van der Waals surface area contributed by atoms with E-state index in [-0.39, 0.29) is 37.5 Å². The molecule has 0 aromatic carbocycles. The van der Waals surface area contributed by atoms with Gasteiger partial charge in [-0.25, -0.2) is 0 Å². The van der Waals surface area contributed by atoms with E-state index in [1.807, 2.05) is 0 Å². The number of unbranched alkanes of at least 4 members (excludes halogenated alkanes) is 18. The predicted octanol–water partition coefficient (Wildman–Crippen LogP) is 20.8. The molecule has 75 heavy (non-hydrogen) atoms. The van der Waals surface area contributed by atoms with Gasteiger partial charge in [-0.15, -0.1) is 0 Å². The molecule has 0 aromatic rings. The van der Waals surface area contributed by atoms with E-state index in [1.54, 1.807) is 0 Å². The van der Waals surface area contributed by atoms with Crippen molar-refractivity contribution in [2.75, 3.05) is 13.2 Å². The molecule has 0 rings (SSSR count). The summed E-state index contributed by atoms with van der Waals surface area (Å²) in [5.74, 6) is -1.01. The van der Waals surface area contributed by atoms with Crippen LogP contribution in [0.5, 0.6) is 0 Å². The fraction of sp³-hybridized carbons (Fsp3) is 0.609. The summed E-state index contributed by atoms with van der Waals surface area (Å²) in [7, 11) is 0. The van der Waals surface area contributed by atoms with E-state index in [9.17, 15) is 14.4 Å². The highest BCUT2D eigenvalue weighted by Crippen LogP contribution is 2.14. The third-order valence-corrected chi connectivity index (χ3v) is 12.3. The maximum atomic E-state index is 12.9. The SMILES string of the molecule is CC/C=C\C/C=C\C/C=C\C/C=C\C/C=C\C/C=C\C/C=C\CCCC(=O)OCC(COC(=O)CCCCC/C=C\C/C=C\C/C=C\CC)OC(=O)CCCCCCCCCCC/C=C\C/C=C\CCCCCCC. The van der Waals surface area contributed by atoms with E-state index in [0.717, 1.165) is 122 Å². The average Bonchev–Trinajstić information content (AvgIpc) is 3.41. The molecular weight excluding hydrogens is 925 g/mol. The number of ether oxygens (including phenoxy) is 3. The van der Waals surface area contributed by atoms with Gasteiger partial charge in [-0.2, -0.15) is 0 Å². The number of carbonyl (C=O) groups is 3. The zero-order chi connectivity index (χ0) is 54.3. The Balaban J connectivity index is 4.51. The first kappa shape index (κ1) is 70.3. The van der Waals surface area contributed by atoms with Gasteiger partial charge in [-0.05, 0) is 135 Å². The van der Waals surface area contributed by atoms with Gasteiger partial charge in [0.15, 0.2) is 6.10 Å². The lowest BCUT2D eigenvalue weighted by molar-refractivity contribution is -0.167. The van der Waals surface area contributed by atoms with Crippen molar-refractivity contribution >= 4 is 17.9 Å². The molecule has 0 N–H and O–H groups in total. The van der Waals surface area contributed by atoms with Crippen LogP contribution in [0.1, 0.15) is 252 Å². The Morgan fingerprint density at radius 2 is 0.533 bits per heavy atom. The highest BCUT2D eigenvalue weighted by atomic mass is 16.6. The molecular formula is C69H110O6. The number of hydrogen-bond acceptors (Lipinski definition) is 6. The van der Waals surface area contributed by atoms with Crippen molar-refractivity contribution in [2.45, 2.75) is 258 Å². The molecule has 0 fully saturated rings. The van der Waals surface area contributed by atoms with Crippen molar-refractivity contribution in [3.05, 3.63) is 146 Å². The first-order chi connectivity index (χ1) is 37.0. The van der Waals surface area contributed by atoms with Gasteiger partial charge in [0.1, 0.15) is 13.2 Å². The van der Waals surface area contributed by atoms with Gasteiger partial charge < -0.3 is 14.2 Å². The van der Waals surface area contributed by atoms with E-state index in [0.29, 0.717) is 19.3 Å². The normalized spacial score (nSPS) is 13.2. The molecule has 422 valence electrons. The maximum absolute atomic E-state index is 12.9. The van der Waals surface area contributed by atoms with Crippen molar-refractivity contribution in [2.24, 2.45) is 0 Å². The fourth-order valence-electron chi connectivity index (χ4n) is 7.83. The third-order valence-electron chi connectivity index (χ3n) is 12.3. The van der Waals surface area contributed by atoms with Crippen molar-refractivity contribution in [1.29, 1.82) is 0 Å². The highest BCUT2D eigenvalue weighted by molar-refractivity contribution is 5.71. The predicted molar refractivity (Wildman–Crippen MR) is 325 cm³/mol. The van der Waals surface area contributed by atoms with Gasteiger partial charge in [0.2, 0.25) is 0 Å². The summed E-state index contributed by atoms with van der Waals surface area (Å²) in [5, 5.41) is 0. The number of esters is 3. The summed E-state index contributed by atoms with van der Waals surface area (Å²) in [6.45, 7) is 6.32. The molecule has 0 bridgehead atoms. The van der Waals surface area contributed by atoms with Gasteiger partial charge in [-0.1, -0.05) is 244 Å². The van der Waals surface area contributed by atoms with Crippen molar-refractivity contribution in [3.63, 3.8) is 0 Å². The summed E-state index contributed by atoms with van der Waals surface area (Å²) in [6, 6.07) is 0. The lowest BCUT2D eigenvalue weighted by atomic mass is 10.1. The largest absolute Gasteiger partial charge is 0.462 e. The molecule has 0 aliphatic heterocycles. The molecule has 0 aliphatic carbocycles. The van der Waals surface area contributed by atoms with Crippen LogP contribution in [-0.2, 0) is 28.6 Å². The Hall–Kier alpha value is -4.71. The zero-order valence-corrected chi connectivity index (χ0v) is 48.3. The molecule has 0 radical (unpaired) electrons. The van der Waals surface area contributed by atoms with Gasteiger partial charge in [0.05, 0.1) is 0 Å². The molecule has 0 saturated heterocycles. The van der Waals surface area contributed by atoms with Crippen molar-refractivity contribution in [1.82, 2.24) is 0 Å². The minimum Gasteiger partial charge on any atom is -0.462 e. The topological polar surface area (TPSA) is 78.9 Å². The third kappa shape index (κ3) is 60.0. The summed E-state index contributed by atoms with van der Waals surface area (Å²) < 4.78 is 16.8. The molecule has 0 aromatic heterocycles. The molecule has 0 heterocycles. The van der Waals surface area contributed by atoms with Crippen LogP contribution in [0.4, 0.5) is 0 Å². The summed E-state index contributed by atoms with van der Waals surface area (Å²) in [4.78, 5) is 38.2. The molecule has 0 amide bonds. The van der Waals surface area contributed by atoms with E-state index < -0.39 is 6.10 Å². The van der Waals surface area contributed by atoms with E-state index >= 15 is 0 Å². The second kappa shape index (κ2) is 61.8. The molecule has 0 spiro atoms. The highest BCUT2D eigenvalue weighted by Gasteiger charge is 2.19. The molecule has 6 heteroatoms. The Labute approximate surface area is 461 Å². The average molecular weight is 1040 g/mol. The van der Waals surface area contributed by atoms with E-state index in [1.165, 1.54) is 83.5 Å². The van der Waals surface area contributed by atoms with Crippen LogP contribution in [0.25, 0.3) is 0 Å². The van der Waals surface area contributed by atoms with Gasteiger partial charge in [0.25, 0.3) is 0 Å². The summed E-state index contributed by atoms with van der Waals surface area (Å²) in [6.07, 6.45) is 88.5. The van der Waals surface area contributed by atoms with E-state index in [4.69, 9.17) is 14.2 Å². The second-order valence-corrected chi connectivity index (χ2v) is 19.5. The zero-order valence-electron chi connectivity index (χ0n) is 48.3. The number of carbonyl (C=O) groups excluding carboxylic acids is 3. The molecule has 6 nitrogen and oxygen atoms in total. The summed E-state index contributed by atoms with van der Waals surface area (Å²) in [5.41, 5.74) is 0. The van der Waals surface area contributed by atoms with Crippen molar-refractivity contribution in [3.8, 4) is 0 Å². The van der Waals surface area contributed by atoms with Crippen LogP contribution in [-0.4, -0.2) is 37.2 Å². The number of rotatable bonds is 53. The summed E-state index contributed by atoms with van der Waals surface area (Å²) >= 11 is 0. The molecule has 1 unspecified atom stereocenters. The minimum atomic E-state index is -0.823.